The number of piperazine rings is 1. The summed E-state index contributed by atoms with van der Waals surface area (Å²) in [5, 5.41) is 5.84. The molecule has 0 spiro atoms. The minimum absolute atomic E-state index is 0.0573. The lowest BCUT2D eigenvalue weighted by molar-refractivity contribution is 0.0665. The topological polar surface area (TPSA) is 73.9 Å². The summed E-state index contributed by atoms with van der Waals surface area (Å²) in [4.78, 5) is 30.1. The van der Waals surface area contributed by atoms with Crippen molar-refractivity contribution in [1.82, 2.24) is 15.1 Å². The number of likely N-dealkylation sites (N-methyl/N-ethyl adjacent to an activating group) is 1. The molecule has 1 saturated heterocycles. The molecule has 1 aliphatic heterocycles. The first-order valence-electron chi connectivity index (χ1n) is 11.4. The van der Waals surface area contributed by atoms with Crippen molar-refractivity contribution >= 4 is 50.8 Å². The van der Waals surface area contributed by atoms with Gasteiger partial charge in [-0.15, -0.1) is 0 Å². The third-order valence-electron chi connectivity index (χ3n) is 5.56. The Balaban J connectivity index is 1.68. The number of hydrogen-bond donors (Lipinski definition) is 2. The van der Waals surface area contributed by atoms with Crippen LogP contribution in [0.3, 0.4) is 0 Å². The Bertz CT molecular complexity index is 1040. The highest BCUT2D eigenvalue weighted by Gasteiger charge is 2.23. The van der Waals surface area contributed by atoms with Gasteiger partial charge in [0.1, 0.15) is 5.75 Å². The highest BCUT2D eigenvalue weighted by molar-refractivity contribution is 9.10. The fourth-order valence-corrected chi connectivity index (χ4v) is 4.06. The second-order valence-corrected chi connectivity index (χ2v) is 10.0. The minimum atomic E-state index is -0.388. The van der Waals surface area contributed by atoms with E-state index in [2.05, 4.69) is 45.3 Å². The van der Waals surface area contributed by atoms with Gasteiger partial charge >= 0.3 is 0 Å². The SMILES string of the molecule is CC(C)CCOc1ccc(Br)cc1C(=O)NC(=S)Nc1ccccc1C(=O)N1CCN(C)CC1. The van der Waals surface area contributed by atoms with Crippen LogP contribution in [0.5, 0.6) is 5.75 Å². The molecule has 0 aliphatic carbocycles. The van der Waals surface area contributed by atoms with Gasteiger partial charge in [0.15, 0.2) is 5.11 Å². The average Bonchev–Trinajstić information content (AvgIpc) is 2.80. The van der Waals surface area contributed by atoms with Gasteiger partial charge in [-0.1, -0.05) is 41.9 Å². The maximum absolute atomic E-state index is 13.1. The first-order valence-corrected chi connectivity index (χ1v) is 12.6. The van der Waals surface area contributed by atoms with E-state index in [1.807, 2.05) is 30.1 Å². The van der Waals surface area contributed by atoms with Crippen molar-refractivity contribution in [3.05, 3.63) is 58.1 Å². The third kappa shape index (κ3) is 7.25. The number of carbonyl (C=O) groups excluding carboxylic acids is 2. The summed E-state index contributed by atoms with van der Waals surface area (Å²) in [7, 11) is 2.05. The molecule has 1 aliphatic rings. The molecule has 0 atom stereocenters. The number of halogens is 1. The zero-order valence-corrected chi connectivity index (χ0v) is 22.2. The number of ether oxygens (including phenoxy) is 1. The molecule has 2 aromatic carbocycles. The molecular weight excluding hydrogens is 516 g/mol. The number of thiocarbonyl (C=S) groups is 1. The molecule has 0 aromatic heterocycles. The fourth-order valence-electron chi connectivity index (χ4n) is 3.49. The molecule has 0 unspecified atom stereocenters. The van der Waals surface area contributed by atoms with E-state index < -0.39 is 0 Å². The van der Waals surface area contributed by atoms with Crippen LogP contribution in [0.25, 0.3) is 0 Å². The zero-order chi connectivity index (χ0) is 24.7. The summed E-state index contributed by atoms with van der Waals surface area (Å²) in [6, 6.07) is 12.5. The molecule has 1 heterocycles. The molecule has 182 valence electrons. The fraction of sp³-hybridized carbons (Fsp3) is 0.400. The lowest BCUT2D eigenvalue weighted by Crippen LogP contribution is -2.47. The average molecular weight is 548 g/mol. The number of nitrogens with zero attached hydrogens (tertiary/aromatic N) is 2. The second kappa shape index (κ2) is 12.3. The maximum atomic E-state index is 13.1. The smallest absolute Gasteiger partial charge is 0.261 e. The van der Waals surface area contributed by atoms with Gasteiger partial charge in [-0.2, -0.15) is 0 Å². The molecule has 2 aromatic rings. The van der Waals surface area contributed by atoms with Gasteiger partial charge in [-0.25, -0.2) is 0 Å². The molecule has 0 saturated carbocycles. The number of benzene rings is 2. The van der Waals surface area contributed by atoms with E-state index >= 15 is 0 Å². The highest BCUT2D eigenvalue weighted by atomic mass is 79.9. The van der Waals surface area contributed by atoms with E-state index in [1.165, 1.54) is 0 Å². The van der Waals surface area contributed by atoms with Gasteiger partial charge in [0.05, 0.1) is 23.4 Å². The molecule has 34 heavy (non-hydrogen) atoms. The second-order valence-electron chi connectivity index (χ2n) is 8.72. The molecule has 0 radical (unpaired) electrons. The Labute approximate surface area is 215 Å². The summed E-state index contributed by atoms with van der Waals surface area (Å²) >= 11 is 8.81. The van der Waals surface area contributed by atoms with Crippen molar-refractivity contribution in [3.63, 3.8) is 0 Å². The van der Waals surface area contributed by atoms with E-state index in [-0.39, 0.29) is 16.9 Å². The van der Waals surface area contributed by atoms with Crippen LogP contribution >= 0.6 is 28.1 Å². The summed E-state index contributed by atoms with van der Waals surface area (Å²) in [5.74, 6) is 0.548. The quantitative estimate of drug-likeness (QED) is 0.502. The molecule has 1 fully saturated rings. The van der Waals surface area contributed by atoms with Crippen molar-refractivity contribution in [2.75, 3.05) is 45.2 Å². The standard InChI is InChI=1S/C25H31BrN4O3S/c1-17(2)10-15-33-22-9-8-18(26)16-20(22)23(31)28-25(34)27-21-7-5-4-6-19(21)24(32)30-13-11-29(3)12-14-30/h4-9,16-17H,10-15H2,1-3H3,(H2,27,28,31,34). The van der Waals surface area contributed by atoms with Crippen LogP contribution in [0.1, 0.15) is 41.0 Å². The lowest BCUT2D eigenvalue weighted by Gasteiger charge is -2.32. The molecule has 2 N–H and O–H groups in total. The molecule has 0 bridgehead atoms. The Morgan fingerprint density at radius 1 is 1.09 bits per heavy atom. The van der Waals surface area contributed by atoms with E-state index in [4.69, 9.17) is 17.0 Å². The molecular formula is C25H31BrN4O3S. The molecule has 2 amide bonds. The predicted octanol–water partition coefficient (Wildman–Crippen LogP) is 4.39. The first-order chi connectivity index (χ1) is 16.2. The van der Waals surface area contributed by atoms with Crippen LogP contribution in [0, 0.1) is 5.92 Å². The number of hydrogen-bond acceptors (Lipinski definition) is 5. The van der Waals surface area contributed by atoms with Crippen molar-refractivity contribution in [2.24, 2.45) is 5.92 Å². The predicted molar refractivity (Wildman–Crippen MR) is 143 cm³/mol. The van der Waals surface area contributed by atoms with Crippen molar-refractivity contribution in [3.8, 4) is 5.75 Å². The van der Waals surface area contributed by atoms with Crippen molar-refractivity contribution in [2.45, 2.75) is 20.3 Å². The Hall–Kier alpha value is -2.49. The van der Waals surface area contributed by atoms with Gasteiger partial charge in [0.2, 0.25) is 0 Å². The third-order valence-corrected chi connectivity index (χ3v) is 6.26. The van der Waals surface area contributed by atoms with Crippen LogP contribution in [0.15, 0.2) is 46.9 Å². The van der Waals surface area contributed by atoms with Gasteiger partial charge in [0, 0.05) is 30.7 Å². The summed E-state index contributed by atoms with van der Waals surface area (Å²) in [6.45, 7) is 7.78. The largest absolute Gasteiger partial charge is 0.493 e. The Morgan fingerprint density at radius 2 is 1.79 bits per heavy atom. The van der Waals surface area contributed by atoms with Crippen molar-refractivity contribution < 1.29 is 14.3 Å². The number of anilines is 1. The summed E-state index contributed by atoms with van der Waals surface area (Å²) < 4.78 is 6.61. The summed E-state index contributed by atoms with van der Waals surface area (Å²) in [6.07, 6.45) is 0.884. The summed E-state index contributed by atoms with van der Waals surface area (Å²) in [5.41, 5.74) is 1.45. The Morgan fingerprint density at radius 3 is 2.50 bits per heavy atom. The van der Waals surface area contributed by atoms with E-state index in [0.717, 1.165) is 24.0 Å². The van der Waals surface area contributed by atoms with Crippen LogP contribution in [0.2, 0.25) is 0 Å². The van der Waals surface area contributed by atoms with E-state index in [1.54, 1.807) is 24.3 Å². The highest BCUT2D eigenvalue weighted by Crippen LogP contribution is 2.24. The normalized spacial score (nSPS) is 14.1. The number of carbonyl (C=O) groups is 2. The molecule has 9 heteroatoms. The first kappa shape index (κ1) is 26.1. The van der Waals surface area contributed by atoms with Gasteiger partial charge < -0.3 is 19.9 Å². The van der Waals surface area contributed by atoms with Crippen LogP contribution in [0.4, 0.5) is 5.69 Å². The van der Waals surface area contributed by atoms with E-state index in [0.29, 0.717) is 48.2 Å². The van der Waals surface area contributed by atoms with Gasteiger partial charge in [0.25, 0.3) is 11.8 Å². The number of nitrogens with one attached hydrogen (secondary N) is 2. The van der Waals surface area contributed by atoms with Gasteiger partial charge in [-0.05, 0) is 61.9 Å². The monoisotopic (exact) mass is 546 g/mol. The zero-order valence-electron chi connectivity index (χ0n) is 19.8. The van der Waals surface area contributed by atoms with Gasteiger partial charge in [-0.3, -0.25) is 14.9 Å². The minimum Gasteiger partial charge on any atom is -0.493 e. The van der Waals surface area contributed by atoms with Crippen molar-refractivity contribution in [1.29, 1.82) is 0 Å². The Kier molecular flexibility index (Phi) is 9.44. The number of rotatable bonds is 7. The molecule has 7 nitrogen and oxygen atoms in total. The lowest BCUT2D eigenvalue weighted by atomic mass is 10.1. The molecule has 3 rings (SSSR count). The number of amides is 2. The van der Waals surface area contributed by atoms with Crippen LogP contribution < -0.4 is 15.4 Å². The number of para-hydroxylation sites is 1. The van der Waals surface area contributed by atoms with Crippen LogP contribution in [-0.2, 0) is 0 Å². The van der Waals surface area contributed by atoms with E-state index in [9.17, 15) is 9.59 Å². The van der Waals surface area contributed by atoms with Crippen LogP contribution in [-0.4, -0.2) is 66.6 Å². The maximum Gasteiger partial charge on any atom is 0.261 e.